The number of rotatable bonds is 4. The largest absolute Gasteiger partial charge is 0.462 e. The van der Waals surface area contributed by atoms with Crippen LogP contribution in [0.2, 0.25) is 0 Å². The monoisotopic (exact) mass is 378 g/mol. The van der Waals surface area contributed by atoms with Gasteiger partial charge >= 0.3 is 5.97 Å². The van der Waals surface area contributed by atoms with Gasteiger partial charge in [0.15, 0.2) is 0 Å². The fraction of sp³-hybridized carbons (Fsp3) is 0.208. The van der Waals surface area contributed by atoms with Gasteiger partial charge < -0.3 is 4.74 Å². The highest BCUT2D eigenvalue weighted by Gasteiger charge is 2.26. The van der Waals surface area contributed by atoms with Crippen molar-refractivity contribution in [1.82, 2.24) is 0 Å². The summed E-state index contributed by atoms with van der Waals surface area (Å²) in [4.78, 5) is 12.8. The van der Waals surface area contributed by atoms with E-state index in [1.165, 1.54) is 29.8 Å². The standard InChI is InChI=1S/C24H20F2O2/c1-2-28-24(27)22-14-21(15-6-10-17(25)11-7-15)19-4-3-5-20(19)23(22)16-8-12-18(26)13-9-16/h6-14H,2-5H2,1H3. The summed E-state index contributed by atoms with van der Waals surface area (Å²) in [6.45, 7) is 2.04. The van der Waals surface area contributed by atoms with E-state index in [9.17, 15) is 13.6 Å². The molecule has 4 rings (SSSR count). The molecule has 0 spiro atoms. The summed E-state index contributed by atoms with van der Waals surface area (Å²) in [5.41, 5.74) is 6.14. The van der Waals surface area contributed by atoms with E-state index in [1.54, 1.807) is 31.2 Å². The van der Waals surface area contributed by atoms with E-state index in [0.717, 1.165) is 47.1 Å². The number of esters is 1. The Labute approximate surface area is 162 Å². The predicted octanol–water partition coefficient (Wildman–Crippen LogP) is 5.96. The van der Waals surface area contributed by atoms with Crippen molar-refractivity contribution in [2.75, 3.05) is 6.61 Å². The molecular weight excluding hydrogens is 358 g/mol. The van der Waals surface area contributed by atoms with Crippen LogP contribution < -0.4 is 0 Å². The van der Waals surface area contributed by atoms with Gasteiger partial charge in [0, 0.05) is 0 Å². The zero-order chi connectivity index (χ0) is 19.7. The summed E-state index contributed by atoms with van der Waals surface area (Å²) >= 11 is 0. The second kappa shape index (κ2) is 7.55. The highest BCUT2D eigenvalue weighted by atomic mass is 19.1. The van der Waals surface area contributed by atoms with Crippen molar-refractivity contribution in [3.8, 4) is 22.3 Å². The van der Waals surface area contributed by atoms with E-state index in [2.05, 4.69) is 0 Å². The number of ether oxygens (including phenoxy) is 1. The molecule has 0 saturated heterocycles. The van der Waals surface area contributed by atoms with Crippen molar-refractivity contribution in [3.63, 3.8) is 0 Å². The molecule has 142 valence electrons. The maximum Gasteiger partial charge on any atom is 0.338 e. The Morgan fingerprint density at radius 2 is 1.46 bits per heavy atom. The molecule has 2 nitrogen and oxygen atoms in total. The average Bonchev–Trinajstić information content (AvgIpc) is 3.18. The third-order valence-electron chi connectivity index (χ3n) is 5.19. The molecule has 0 fully saturated rings. The predicted molar refractivity (Wildman–Crippen MR) is 105 cm³/mol. The lowest BCUT2D eigenvalue weighted by Crippen LogP contribution is -2.09. The van der Waals surface area contributed by atoms with Crippen molar-refractivity contribution in [2.24, 2.45) is 0 Å². The molecule has 1 aliphatic rings. The minimum atomic E-state index is -0.403. The van der Waals surface area contributed by atoms with Crippen LogP contribution in [0.25, 0.3) is 22.3 Å². The highest BCUT2D eigenvalue weighted by Crippen LogP contribution is 2.41. The van der Waals surface area contributed by atoms with Crippen LogP contribution in [0.3, 0.4) is 0 Å². The first-order valence-corrected chi connectivity index (χ1v) is 9.46. The maximum absolute atomic E-state index is 13.5. The van der Waals surface area contributed by atoms with Crippen LogP contribution in [0.4, 0.5) is 8.78 Å². The number of halogens is 2. The van der Waals surface area contributed by atoms with Gasteiger partial charge in [-0.1, -0.05) is 24.3 Å². The van der Waals surface area contributed by atoms with Gasteiger partial charge in [-0.25, -0.2) is 13.6 Å². The summed E-state index contributed by atoms with van der Waals surface area (Å²) in [6, 6.07) is 14.4. The van der Waals surface area contributed by atoms with Crippen LogP contribution in [-0.4, -0.2) is 12.6 Å². The molecule has 28 heavy (non-hydrogen) atoms. The van der Waals surface area contributed by atoms with Crippen LogP contribution in [0, 0.1) is 11.6 Å². The van der Waals surface area contributed by atoms with Crippen molar-refractivity contribution in [3.05, 3.63) is 82.9 Å². The third-order valence-corrected chi connectivity index (χ3v) is 5.19. The minimum absolute atomic E-state index is 0.269. The number of benzene rings is 3. The van der Waals surface area contributed by atoms with E-state index >= 15 is 0 Å². The Morgan fingerprint density at radius 1 is 0.893 bits per heavy atom. The van der Waals surface area contributed by atoms with E-state index in [-0.39, 0.29) is 18.2 Å². The number of carbonyl (C=O) groups excluding carboxylic acids is 1. The molecule has 0 atom stereocenters. The second-order valence-corrected chi connectivity index (χ2v) is 6.89. The summed E-state index contributed by atoms with van der Waals surface area (Å²) in [5.74, 6) is -1.02. The van der Waals surface area contributed by atoms with Gasteiger partial charge in [0.05, 0.1) is 12.2 Å². The summed E-state index contributed by atoms with van der Waals surface area (Å²) in [7, 11) is 0. The molecule has 4 heteroatoms. The van der Waals surface area contributed by atoms with Crippen LogP contribution in [-0.2, 0) is 17.6 Å². The normalized spacial score (nSPS) is 12.7. The molecule has 0 unspecified atom stereocenters. The van der Waals surface area contributed by atoms with Crippen molar-refractivity contribution >= 4 is 5.97 Å². The Kier molecular flexibility index (Phi) is 4.95. The lowest BCUT2D eigenvalue weighted by molar-refractivity contribution is 0.0527. The molecular formula is C24H20F2O2. The van der Waals surface area contributed by atoms with Crippen molar-refractivity contribution in [1.29, 1.82) is 0 Å². The van der Waals surface area contributed by atoms with E-state index in [0.29, 0.717) is 5.56 Å². The number of fused-ring (bicyclic) bond motifs is 1. The van der Waals surface area contributed by atoms with Gasteiger partial charge in [-0.3, -0.25) is 0 Å². The first kappa shape index (κ1) is 18.4. The van der Waals surface area contributed by atoms with Gasteiger partial charge in [-0.15, -0.1) is 0 Å². The molecule has 0 N–H and O–H groups in total. The molecule has 0 heterocycles. The molecule has 1 aliphatic carbocycles. The molecule has 0 saturated carbocycles. The first-order valence-electron chi connectivity index (χ1n) is 9.46. The minimum Gasteiger partial charge on any atom is -0.462 e. The van der Waals surface area contributed by atoms with Crippen molar-refractivity contribution < 1.29 is 18.3 Å². The Hall–Kier alpha value is -3.01. The van der Waals surface area contributed by atoms with Gasteiger partial charge in [0.2, 0.25) is 0 Å². The molecule has 0 aliphatic heterocycles. The van der Waals surface area contributed by atoms with Gasteiger partial charge in [-0.05, 0) is 89.9 Å². The number of hydrogen-bond acceptors (Lipinski definition) is 2. The van der Waals surface area contributed by atoms with Crippen LogP contribution in [0.1, 0.15) is 34.8 Å². The Bertz CT molecular complexity index is 1020. The number of hydrogen-bond donors (Lipinski definition) is 0. The summed E-state index contributed by atoms with van der Waals surface area (Å²) < 4.78 is 32.2. The smallest absolute Gasteiger partial charge is 0.338 e. The third kappa shape index (κ3) is 3.31. The zero-order valence-corrected chi connectivity index (χ0v) is 15.6. The average molecular weight is 378 g/mol. The molecule has 0 aromatic heterocycles. The van der Waals surface area contributed by atoms with Gasteiger partial charge in [0.1, 0.15) is 11.6 Å². The van der Waals surface area contributed by atoms with Crippen molar-refractivity contribution in [2.45, 2.75) is 26.2 Å². The lowest BCUT2D eigenvalue weighted by Gasteiger charge is -2.18. The maximum atomic E-state index is 13.5. The SMILES string of the molecule is CCOC(=O)c1cc(-c2ccc(F)cc2)c2c(c1-c1ccc(F)cc1)CCC2. The van der Waals surface area contributed by atoms with Crippen LogP contribution in [0.15, 0.2) is 54.6 Å². The lowest BCUT2D eigenvalue weighted by atomic mass is 9.86. The van der Waals surface area contributed by atoms with Gasteiger partial charge in [-0.2, -0.15) is 0 Å². The summed E-state index contributed by atoms with van der Waals surface area (Å²) in [6.07, 6.45) is 2.70. The van der Waals surface area contributed by atoms with Crippen LogP contribution >= 0.6 is 0 Å². The summed E-state index contributed by atoms with van der Waals surface area (Å²) in [5, 5.41) is 0. The quantitative estimate of drug-likeness (QED) is 0.523. The van der Waals surface area contributed by atoms with Crippen LogP contribution in [0.5, 0.6) is 0 Å². The molecule has 3 aromatic carbocycles. The fourth-order valence-electron chi connectivity index (χ4n) is 3.99. The molecule has 0 amide bonds. The van der Waals surface area contributed by atoms with E-state index < -0.39 is 5.97 Å². The zero-order valence-electron chi connectivity index (χ0n) is 15.6. The second-order valence-electron chi connectivity index (χ2n) is 6.89. The Balaban J connectivity index is 1.98. The molecule has 0 radical (unpaired) electrons. The van der Waals surface area contributed by atoms with Gasteiger partial charge in [0.25, 0.3) is 0 Å². The molecule has 0 bridgehead atoms. The highest BCUT2D eigenvalue weighted by molar-refractivity contribution is 6.01. The number of carbonyl (C=O) groups is 1. The van der Waals surface area contributed by atoms with E-state index in [1.807, 2.05) is 6.07 Å². The topological polar surface area (TPSA) is 26.3 Å². The Morgan fingerprint density at radius 3 is 2.07 bits per heavy atom. The van der Waals surface area contributed by atoms with E-state index in [4.69, 9.17) is 4.74 Å². The molecule has 3 aromatic rings. The first-order chi connectivity index (χ1) is 13.6. The fourth-order valence-corrected chi connectivity index (χ4v) is 3.99.